The maximum absolute atomic E-state index is 12.1. The third-order valence-electron chi connectivity index (χ3n) is 2.54. The number of hydrogen-bond donors (Lipinski definition) is 2. The van der Waals surface area contributed by atoms with Gasteiger partial charge >= 0.3 is 0 Å². The van der Waals surface area contributed by atoms with Crippen LogP contribution in [-0.4, -0.2) is 37.9 Å². The lowest BCUT2D eigenvalue weighted by Crippen LogP contribution is -2.30. The standard InChI is InChI=1S/C15H19NO3/c1-12(11-19-2)10-16-15(18)14-8-4-3-6-13(14)7-5-9-17/h3-4,6,8,12,17H,9-11H2,1-2H3,(H,16,18). The van der Waals surface area contributed by atoms with E-state index in [9.17, 15) is 4.79 Å². The van der Waals surface area contributed by atoms with Gasteiger partial charge < -0.3 is 15.2 Å². The molecule has 0 bridgehead atoms. The van der Waals surface area contributed by atoms with Crippen LogP contribution in [0.5, 0.6) is 0 Å². The molecule has 0 saturated carbocycles. The second-order valence-electron chi connectivity index (χ2n) is 4.28. The molecule has 2 N–H and O–H groups in total. The van der Waals surface area contributed by atoms with Crippen molar-refractivity contribution in [3.05, 3.63) is 35.4 Å². The summed E-state index contributed by atoms with van der Waals surface area (Å²) in [4.78, 5) is 12.1. The fourth-order valence-electron chi connectivity index (χ4n) is 1.63. The van der Waals surface area contributed by atoms with E-state index in [-0.39, 0.29) is 18.4 Å². The molecule has 4 heteroatoms. The summed E-state index contributed by atoms with van der Waals surface area (Å²) >= 11 is 0. The van der Waals surface area contributed by atoms with E-state index < -0.39 is 0 Å². The zero-order valence-electron chi connectivity index (χ0n) is 11.3. The number of amides is 1. The molecule has 102 valence electrons. The van der Waals surface area contributed by atoms with Crippen molar-refractivity contribution in [3.63, 3.8) is 0 Å². The van der Waals surface area contributed by atoms with Gasteiger partial charge in [-0.05, 0) is 18.1 Å². The van der Waals surface area contributed by atoms with Gasteiger partial charge in [-0.2, -0.15) is 0 Å². The first-order chi connectivity index (χ1) is 9.19. The van der Waals surface area contributed by atoms with Crippen LogP contribution in [0.4, 0.5) is 0 Å². The largest absolute Gasteiger partial charge is 0.384 e. The average molecular weight is 261 g/mol. The van der Waals surface area contributed by atoms with Crippen LogP contribution in [-0.2, 0) is 4.74 Å². The molecule has 19 heavy (non-hydrogen) atoms. The predicted molar refractivity (Wildman–Crippen MR) is 73.8 cm³/mol. The Morgan fingerprint density at radius 2 is 2.21 bits per heavy atom. The summed E-state index contributed by atoms with van der Waals surface area (Å²) in [6, 6.07) is 7.08. The zero-order valence-corrected chi connectivity index (χ0v) is 11.3. The van der Waals surface area contributed by atoms with E-state index in [1.807, 2.05) is 13.0 Å². The van der Waals surface area contributed by atoms with Crippen molar-refractivity contribution >= 4 is 5.91 Å². The number of carbonyl (C=O) groups is 1. The molecule has 1 aromatic carbocycles. The highest BCUT2D eigenvalue weighted by atomic mass is 16.5. The first-order valence-corrected chi connectivity index (χ1v) is 6.15. The third kappa shape index (κ3) is 5.12. The second kappa shape index (κ2) is 8.30. The van der Waals surface area contributed by atoms with Crippen LogP contribution in [0.15, 0.2) is 24.3 Å². The summed E-state index contributed by atoms with van der Waals surface area (Å²) in [6.07, 6.45) is 0. The number of carbonyl (C=O) groups excluding carboxylic acids is 1. The van der Waals surface area contributed by atoms with Gasteiger partial charge in [0.15, 0.2) is 0 Å². The van der Waals surface area contributed by atoms with Crippen molar-refractivity contribution in [2.24, 2.45) is 5.92 Å². The molecule has 0 aliphatic heterocycles. The summed E-state index contributed by atoms with van der Waals surface area (Å²) in [5.41, 5.74) is 1.14. The minimum atomic E-state index is -0.221. The first kappa shape index (κ1) is 15.2. The Kier molecular flexibility index (Phi) is 6.65. The number of hydrogen-bond acceptors (Lipinski definition) is 3. The summed E-state index contributed by atoms with van der Waals surface area (Å²) in [5.74, 6) is 5.41. The highest BCUT2D eigenvalue weighted by molar-refractivity contribution is 5.96. The Bertz CT molecular complexity index is 474. The summed E-state index contributed by atoms with van der Waals surface area (Å²) in [7, 11) is 1.64. The Morgan fingerprint density at radius 1 is 1.47 bits per heavy atom. The Hall–Kier alpha value is -1.83. The molecular formula is C15H19NO3. The second-order valence-corrected chi connectivity index (χ2v) is 4.28. The van der Waals surface area contributed by atoms with Crippen LogP contribution in [0.25, 0.3) is 0 Å². The molecule has 0 aromatic heterocycles. The van der Waals surface area contributed by atoms with Gasteiger partial charge in [0.05, 0.1) is 12.2 Å². The molecule has 0 spiro atoms. The molecule has 0 aliphatic carbocycles. The molecule has 1 atom stereocenters. The van der Waals surface area contributed by atoms with Gasteiger partial charge in [-0.25, -0.2) is 0 Å². The van der Waals surface area contributed by atoms with E-state index >= 15 is 0 Å². The first-order valence-electron chi connectivity index (χ1n) is 6.15. The number of benzene rings is 1. The topological polar surface area (TPSA) is 58.6 Å². The smallest absolute Gasteiger partial charge is 0.252 e. The number of ether oxygens (including phenoxy) is 1. The monoisotopic (exact) mass is 261 g/mol. The maximum atomic E-state index is 12.1. The lowest BCUT2D eigenvalue weighted by molar-refractivity contribution is 0.0934. The van der Waals surface area contributed by atoms with Gasteiger partial charge in [-0.15, -0.1) is 0 Å². The van der Waals surface area contributed by atoms with Crippen molar-refractivity contribution < 1.29 is 14.6 Å². The van der Waals surface area contributed by atoms with Crippen molar-refractivity contribution in [1.29, 1.82) is 0 Å². The number of rotatable bonds is 5. The lowest BCUT2D eigenvalue weighted by Gasteiger charge is -2.12. The maximum Gasteiger partial charge on any atom is 0.252 e. The number of aliphatic hydroxyl groups excluding tert-OH is 1. The SMILES string of the molecule is COCC(C)CNC(=O)c1ccccc1C#CCO. The highest BCUT2D eigenvalue weighted by Crippen LogP contribution is 2.07. The number of methoxy groups -OCH3 is 1. The molecule has 0 heterocycles. The molecule has 4 nitrogen and oxygen atoms in total. The molecule has 0 aliphatic rings. The predicted octanol–water partition coefficient (Wildman–Crippen LogP) is 1.04. The number of nitrogens with one attached hydrogen (secondary N) is 1. The fraction of sp³-hybridized carbons (Fsp3) is 0.400. The van der Waals surface area contributed by atoms with E-state index in [0.29, 0.717) is 24.3 Å². The highest BCUT2D eigenvalue weighted by Gasteiger charge is 2.10. The van der Waals surface area contributed by atoms with Crippen molar-refractivity contribution in [2.45, 2.75) is 6.92 Å². The van der Waals surface area contributed by atoms with E-state index in [0.717, 1.165) is 0 Å². The summed E-state index contributed by atoms with van der Waals surface area (Å²) in [6.45, 7) is 2.93. The van der Waals surface area contributed by atoms with Gasteiger partial charge in [-0.3, -0.25) is 4.79 Å². The van der Waals surface area contributed by atoms with Crippen LogP contribution >= 0.6 is 0 Å². The molecular weight excluding hydrogens is 242 g/mol. The summed E-state index contributed by atoms with van der Waals surface area (Å²) < 4.78 is 5.02. The van der Waals surface area contributed by atoms with E-state index in [4.69, 9.17) is 9.84 Å². The quantitative estimate of drug-likeness (QED) is 0.779. The fourth-order valence-corrected chi connectivity index (χ4v) is 1.63. The zero-order chi connectivity index (χ0) is 14.1. The Morgan fingerprint density at radius 3 is 2.89 bits per heavy atom. The van der Waals surface area contributed by atoms with Crippen molar-refractivity contribution in [1.82, 2.24) is 5.32 Å². The molecule has 0 saturated heterocycles. The van der Waals surface area contributed by atoms with E-state index in [1.165, 1.54) is 0 Å². The van der Waals surface area contributed by atoms with Crippen LogP contribution < -0.4 is 5.32 Å². The van der Waals surface area contributed by atoms with E-state index in [1.54, 1.807) is 25.3 Å². The normalized spacial score (nSPS) is 11.3. The Labute approximate surface area is 113 Å². The van der Waals surface area contributed by atoms with Crippen LogP contribution in [0.3, 0.4) is 0 Å². The van der Waals surface area contributed by atoms with Crippen molar-refractivity contribution in [2.75, 3.05) is 26.9 Å². The minimum absolute atomic E-state index is 0.161. The minimum Gasteiger partial charge on any atom is -0.384 e. The van der Waals surface area contributed by atoms with Gasteiger partial charge in [0, 0.05) is 19.2 Å². The van der Waals surface area contributed by atoms with Crippen LogP contribution in [0.1, 0.15) is 22.8 Å². The molecule has 1 aromatic rings. The van der Waals surface area contributed by atoms with Gasteiger partial charge in [-0.1, -0.05) is 30.9 Å². The lowest BCUT2D eigenvalue weighted by atomic mass is 10.1. The van der Waals surface area contributed by atoms with Gasteiger partial charge in [0.25, 0.3) is 5.91 Å². The van der Waals surface area contributed by atoms with E-state index in [2.05, 4.69) is 17.2 Å². The third-order valence-corrected chi connectivity index (χ3v) is 2.54. The number of aliphatic hydroxyl groups is 1. The van der Waals surface area contributed by atoms with Crippen molar-refractivity contribution in [3.8, 4) is 11.8 Å². The van der Waals surface area contributed by atoms with Crippen LogP contribution in [0, 0.1) is 17.8 Å². The van der Waals surface area contributed by atoms with Gasteiger partial charge in [0.1, 0.15) is 6.61 Å². The molecule has 1 rings (SSSR count). The summed E-state index contributed by atoms with van der Waals surface area (Å²) in [5, 5.41) is 11.6. The average Bonchev–Trinajstić information content (AvgIpc) is 2.43. The van der Waals surface area contributed by atoms with Crippen LogP contribution in [0.2, 0.25) is 0 Å². The van der Waals surface area contributed by atoms with Gasteiger partial charge in [0.2, 0.25) is 0 Å². The molecule has 1 unspecified atom stereocenters. The molecule has 0 fully saturated rings. The molecule has 1 amide bonds. The molecule has 0 radical (unpaired) electrons. The Balaban J connectivity index is 2.71.